The molecule has 2 heterocycles. The summed E-state index contributed by atoms with van der Waals surface area (Å²) in [6.45, 7) is 0.651. The summed E-state index contributed by atoms with van der Waals surface area (Å²) in [5.74, 6) is 2.02. The van der Waals surface area contributed by atoms with E-state index in [2.05, 4.69) is 15.4 Å². The third kappa shape index (κ3) is 3.79. The summed E-state index contributed by atoms with van der Waals surface area (Å²) in [6.07, 6.45) is 5.49. The van der Waals surface area contributed by atoms with Crippen molar-refractivity contribution in [2.75, 3.05) is 12.4 Å². The van der Waals surface area contributed by atoms with Crippen LogP contribution in [0.4, 0.5) is 5.69 Å². The maximum atomic E-state index is 5.85. The third-order valence-corrected chi connectivity index (χ3v) is 3.29. The number of hydrogen-bond acceptors (Lipinski definition) is 5. The maximum Gasteiger partial charge on any atom is 0.242 e. The molecule has 0 amide bonds. The number of anilines is 1. The number of nitrogens with zero attached hydrogens (tertiary/aromatic N) is 3. The van der Waals surface area contributed by atoms with E-state index in [9.17, 15) is 0 Å². The lowest BCUT2D eigenvalue weighted by molar-refractivity contribution is 0.412. The summed E-state index contributed by atoms with van der Waals surface area (Å²) in [5.41, 5.74) is 1.92. The zero-order valence-electron chi connectivity index (χ0n) is 13.1. The van der Waals surface area contributed by atoms with Crippen molar-refractivity contribution in [3.8, 4) is 17.4 Å². The van der Waals surface area contributed by atoms with E-state index in [0.717, 1.165) is 17.0 Å². The second kappa shape index (κ2) is 6.83. The molecule has 0 unspecified atom stereocenters. The highest BCUT2D eigenvalue weighted by Crippen LogP contribution is 2.28. The Morgan fingerprint density at radius 3 is 2.61 bits per heavy atom. The molecule has 23 heavy (non-hydrogen) atoms. The van der Waals surface area contributed by atoms with Crippen molar-refractivity contribution in [1.29, 1.82) is 0 Å². The molecule has 0 fully saturated rings. The van der Waals surface area contributed by atoms with E-state index in [-0.39, 0.29) is 0 Å². The van der Waals surface area contributed by atoms with Gasteiger partial charge < -0.3 is 14.8 Å². The number of aromatic nitrogens is 3. The van der Waals surface area contributed by atoms with Gasteiger partial charge in [0.2, 0.25) is 5.88 Å². The average molecular weight is 310 g/mol. The number of ether oxygens (including phenoxy) is 2. The highest BCUT2D eigenvalue weighted by atomic mass is 16.5. The van der Waals surface area contributed by atoms with E-state index >= 15 is 0 Å². The van der Waals surface area contributed by atoms with Gasteiger partial charge in [-0.15, -0.1) is 0 Å². The lowest BCUT2D eigenvalue weighted by Crippen LogP contribution is -2.01. The van der Waals surface area contributed by atoms with Crippen LogP contribution in [0, 0.1) is 0 Å². The van der Waals surface area contributed by atoms with E-state index in [4.69, 9.17) is 9.47 Å². The minimum Gasteiger partial charge on any atom is -0.497 e. The number of nitrogens with one attached hydrogen (secondary N) is 1. The first-order chi connectivity index (χ1) is 11.2. The van der Waals surface area contributed by atoms with Crippen LogP contribution in [0.5, 0.6) is 17.4 Å². The second-order valence-electron chi connectivity index (χ2n) is 5.01. The van der Waals surface area contributed by atoms with Crippen LogP contribution in [0.25, 0.3) is 0 Å². The van der Waals surface area contributed by atoms with Gasteiger partial charge in [0.15, 0.2) is 0 Å². The molecule has 1 N–H and O–H groups in total. The van der Waals surface area contributed by atoms with Crippen LogP contribution in [0.15, 0.2) is 55.0 Å². The van der Waals surface area contributed by atoms with Crippen molar-refractivity contribution < 1.29 is 9.47 Å². The highest BCUT2D eigenvalue weighted by Gasteiger charge is 2.07. The van der Waals surface area contributed by atoms with Crippen LogP contribution in [0.2, 0.25) is 0 Å². The second-order valence-corrected chi connectivity index (χ2v) is 5.01. The Balaban J connectivity index is 1.71. The Morgan fingerprint density at radius 1 is 1.13 bits per heavy atom. The van der Waals surface area contributed by atoms with Crippen molar-refractivity contribution in [2.45, 2.75) is 6.54 Å². The van der Waals surface area contributed by atoms with Gasteiger partial charge >= 0.3 is 0 Å². The van der Waals surface area contributed by atoms with Crippen LogP contribution in [-0.4, -0.2) is 21.9 Å². The Morgan fingerprint density at radius 2 is 1.91 bits per heavy atom. The smallest absolute Gasteiger partial charge is 0.242 e. The molecule has 3 aromatic rings. The minimum absolute atomic E-state index is 0.529. The summed E-state index contributed by atoms with van der Waals surface area (Å²) in [5, 5.41) is 7.47. The summed E-state index contributed by atoms with van der Waals surface area (Å²) >= 11 is 0. The molecule has 0 aliphatic carbocycles. The average Bonchev–Trinajstić information content (AvgIpc) is 3.00. The Bertz CT molecular complexity index is 768. The van der Waals surface area contributed by atoms with Crippen molar-refractivity contribution in [1.82, 2.24) is 14.8 Å². The molecular weight excluding hydrogens is 292 g/mol. The van der Waals surface area contributed by atoms with Gasteiger partial charge in [0.05, 0.1) is 19.0 Å². The van der Waals surface area contributed by atoms with E-state index in [1.807, 2.05) is 55.8 Å². The fourth-order valence-electron chi connectivity index (χ4n) is 2.12. The van der Waals surface area contributed by atoms with E-state index in [1.165, 1.54) is 0 Å². The normalized spacial score (nSPS) is 10.3. The van der Waals surface area contributed by atoms with Crippen molar-refractivity contribution in [3.63, 3.8) is 0 Å². The molecule has 1 aromatic carbocycles. The van der Waals surface area contributed by atoms with Gasteiger partial charge in [0, 0.05) is 31.5 Å². The molecule has 0 bridgehead atoms. The lowest BCUT2D eigenvalue weighted by atomic mass is 10.3. The molecule has 0 atom stereocenters. The van der Waals surface area contributed by atoms with Crippen LogP contribution in [0.3, 0.4) is 0 Å². The first-order valence-electron chi connectivity index (χ1n) is 7.23. The fraction of sp³-hybridized carbons (Fsp3) is 0.176. The van der Waals surface area contributed by atoms with Gasteiger partial charge in [-0.25, -0.2) is 4.98 Å². The quantitative estimate of drug-likeness (QED) is 0.757. The van der Waals surface area contributed by atoms with Crippen molar-refractivity contribution in [3.05, 3.63) is 60.6 Å². The minimum atomic E-state index is 0.529. The number of aryl methyl sites for hydroxylation is 1. The topological polar surface area (TPSA) is 61.2 Å². The van der Waals surface area contributed by atoms with E-state index in [1.54, 1.807) is 18.0 Å². The molecule has 0 saturated carbocycles. The Kier molecular flexibility index (Phi) is 4.42. The summed E-state index contributed by atoms with van der Waals surface area (Å²) in [4.78, 5) is 4.30. The molecule has 0 saturated heterocycles. The van der Waals surface area contributed by atoms with Crippen LogP contribution in [0.1, 0.15) is 5.56 Å². The molecule has 3 rings (SSSR count). The largest absolute Gasteiger partial charge is 0.497 e. The van der Waals surface area contributed by atoms with Gasteiger partial charge in [-0.3, -0.25) is 4.68 Å². The van der Waals surface area contributed by atoms with E-state index in [0.29, 0.717) is 18.2 Å². The maximum absolute atomic E-state index is 5.85. The van der Waals surface area contributed by atoms with Gasteiger partial charge in [-0.1, -0.05) is 0 Å². The Hall–Kier alpha value is -3.02. The summed E-state index contributed by atoms with van der Waals surface area (Å²) < 4.78 is 12.8. The fourth-order valence-corrected chi connectivity index (χ4v) is 2.12. The van der Waals surface area contributed by atoms with Crippen molar-refractivity contribution in [2.24, 2.45) is 7.05 Å². The first-order valence-corrected chi connectivity index (χ1v) is 7.23. The number of methoxy groups -OCH3 is 1. The zero-order valence-corrected chi connectivity index (χ0v) is 13.1. The predicted molar refractivity (Wildman–Crippen MR) is 87.8 cm³/mol. The van der Waals surface area contributed by atoms with Gasteiger partial charge in [-0.05, 0) is 36.4 Å². The molecular formula is C17H18N4O2. The zero-order chi connectivity index (χ0) is 16.1. The number of hydrogen-bond donors (Lipinski definition) is 1. The predicted octanol–water partition coefficient (Wildman–Crippen LogP) is 3.23. The molecule has 0 aliphatic rings. The summed E-state index contributed by atoms with van der Waals surface area (Å²) in [6, 6.07) is 11.2. The van der Waals surface area contributed by atoms with Gasteiger partial charge in [0.25, 0.3) is 0 Å². The molecule has 0 spiro atoms. The third-order valence-electron chi connectivity index (χ3n) is 3.29. The van der Waals surface area contributed by atoms with Crippen molar-refractivity contribution >= 4 is 5.69 Å². The van der Waals surface area contributed by atoms with Crippen LogP contribution >= 0.6 is 0 Å². The molecule has 6 heteroatoms. The van der Waals surface area contributed by atoms with Crippen LogP contribution in [-0.2, 0) is 13.6 Å². The number of benzene rings is 1. The molecule has 0 radical (unpaired) electrons. The monoisotopic (exact) mass is 310 g/mol. The van der Waals surface area contributed by atoms with Gasteiger partial charge in [0.1, 0.15) is 11.5 Å². The SMILES string of the molecule is COc1ccc(Oc2ncccc2NCc2cnn(C)c2)cc1. The summed E-state index contributed by atoms with van der Waals surface area (Å²) in [7, 11) is 3.53. The molecule has 0 aliphatic heterocycles. The van der Waals surface area contributed by atoms with Gasteiger partial charge in [-0.2, -0.15) is 5.10 Å². The number of pyridine rings is 1. The standard InChI is InChI=1S/C17H18N4O2/c1-21-12-13(11-20-21)10-19-16-4-3-9-18-17(16)23-15-7-5-14(22-2)6-8-15/h3-9,11-12,19H,10H2,1-2H3. The van der Waals surface area contributed by atoms with E-state index < -0.39 is 0 Å². The number of rotatable bonds is 6. The first kappa shape index (κ1) is 14.9. The molecule has 118 valence electrons. The molecule has 6 nitrogen and oxygen atoms in total. The molecule has 2 aromatic heterocycles. The highest BCUT2D eigenvalue weighted by molar-refractivity contribution is 5.53. The van der Waals surface area contributed by atoms with Crippen LogP contribution < -0.4 is 14.8 Å². The Labute approximate surface area is 134 Å². The lowest BCUT2D eigenvalue weighted by Gasteiger charge is -2.11.